The van der Waals surface area contributed by atoms with E-state index in [2.05, 4.69) is 20.5 Å². The van der Waals surface area contributed by atoms with Crippen LogP contribution in [0.3, 0.4) is 0 Å². The monoisotopic (exact) mass is 486 g/mol. The molecule has 0 saturated carbocycles. The Hall–Kier alpha value is -2.14. The van der Waals surface area contributed by atoms with Gasteiger partial charge >= 0.3 is 5.97 Å². The fourth-order valence-corrected chi connectivity index (χ4v) is 4.57. The maximum absolute atomic E-state index is 14.8. The van der Waals surface area contributed by atoms with Crippen molar-refractivity contribution in [1.29, 1.82) is 0 Å². The van der Waals surface area contributed by atoms with Gasteiger partial charge in [0.05, 0.1) is 31.9 Å². The summed E-state index contributed by atoms with van der Waals surface area (Å²) in [6, 6.07) is 1.96. The standard InChI is InChI=1S/C22H26ClF3N4O3/c1-32-22(31)18-17(11-30-4-6-33-7-5-30)28-21(20-16(26)9-13(25)10-27-20)29-19(18)14-3-2-12(24)8-15(14)23/h2-3,8,13,16,19-20,27H,4-7,9-11H2,1H3,(H,28,29)/t13?,16?,19-,20?/m0/s1. The first-order valence-electron chi connectivity index (χ1n) is 10.8. The van der Waals surface area contributed by atoms with Gasteiger partial charge in [0.15, 0.2) is 0 Å². The van der Waals surface area contributed by atoms with Gasteiger partial charge in [-0.2, -0.15) is 0 Å². The molecule has 2 fully saturated rings. The number of piperidine rings is 1. The quantitative estimate of drug-likeness (QED) is 0.622. The van der Waals surface area contributed by atoms with E-state index >= 15 is 0 Å². The van der Waals surface area contributed by atoms with Crippen molar-refractivity contribution in [3.8, 4) is 0 Å². The summed E-state index contributed by atoms with van der Waals surface area (Å²) in [5, 5.41) is 6.05. The van der Waals surface area contributed by atoms with Gasteiger partial charge in [0, 0.05) is 48.9 Å². The Morgan fingerprint density at radius 3 is 2.76 bits per heavy atom. The first kappa shape index (κ1) is 24.0. The fourth-order valence-electron chi connectivity index (χ4n) is 4.30. The van der Waals surface area contributed by atoms with Crippen LogP contribution in [0, 0.1) is 5.82 Å². The minimum Gasteiger partial charge on any atom is -0.466 e. The number of aliphatic imine (C=N–C) groups is 1. The molecule has 0 spiro atoms. The number of alkyl halides is 2. The number of hydrogen-bond donors (Lipinski definition) is 2. The van der Waals surface area contributed by atoms with E-state index in [0.29, 0.717) is 44.1 Å². The molecular formula is C22H26ClF3N4O3. The summed E-state index contributed by atoms with van der Waals surface area (Å²) in [7, 11) is 1.26. The van der Waals surface area contributed by atoms with Crippen LogP contribution in [0.4, 0.5) is 13.2 Å². The van der Waals surface area contributed by atoms with Gasteiger partial charge in [0.2, 0.25) is 0 Å². The summed E-state index contributed by atoms with van der Waals surface area (Å²) in [6.07, 6.45) is -3.07. The number of morpholine rings is 1. The van der Waals surface area contributed by atoms with Crippen molar-refractivity contribution in [2.24, 2.45) is 4.99 Å². The summed E-state index contributed by atoms with van der Waals surface area (Å²) in [5.41, 5.74) is 1.07. The Bertz CT molecular complexity index is 955. The first-order valence-corrected chi connectivity index (χ1v) is 11.2. The summed E-state index contributed by atoms with van der Waals surface area (Å²) in [6.45, 7) is 2.70. The number of esters is 1. The van der Waals surface area contributed by atoms with Crippen LogP contribution in [0.2, 0.25) is 5.02 Å². The number of nitrogens with one attached hydrogen (secondary N) is 2. The topological polar surface area (TPSA) is 75.2 Å². The van der Waals surface area contributed by atoms with Crippen molar-refractivity contribution < 1.29 is 27.4 Å². The highest BCUT2D eigenvalue weighted by molar-refractivity contribution is 6.31. The van der Waals surface area contributed by atoms with Gasteiger partial charge in [-0.1, -0.05) is 17.7 Å². The maximum atomic E-state index is 14.8. The Balaban J connectivity index is 1.77. The number of rotatable bonds is 5. The number of hydrogen-bond acceptors (Lipinski definition) is 7. The number of ether oxygens (including phenoxy) is 2. The highest BCUT2D eigenvalue weighted by Crippen LogP contribution is 2.37. The highest BCUT2D eigenvalue weighted by Gasteiger charge is 2.39. The average molecular weight is 487 g/mol. The predicted octanol–water partition coefficient (Wildman–Crippen LogP) is 2.32. The average Bonchev–Trinajstić information content (AvgIpc) is 2.79. The number of carbonyl (C=O) groups excluding carboxylic acids is 1. The van der Waals surface area contributed by atoms with Crippen molar-refractivity contribution in [2.75, 3.05) is 46.5 Å². The molecule has 7 nitrogen and oxygen atoms in total. The van der Waals surface area contributed by atoms with E-state index in [1.165, 1.54) is 19.2 Å². The molecule has 33 heavy (non-hydrogen) atoms. The van der Waals surface area contributed by atoms with E-state index in [1.807, 2.05) is 0 Å². The lowest BCUT2D eigenvalue weighted by molar-refractivity contribution is -0.136. The van der Waals surface area contributed by atoms with E-state index in [0.717, 1.165) is 6.07 Å². The molecule has 1 aromatic rings. The fraction of sp³-hybridized carbons (Fsp3) is 0.545. The van der Waals surface area contributed by atoms with Crippen LogP contribution >= 0.6 is 11.6 Å². The number of methoxy groups -OCH3 is 1. The third-order valence-electron chi connectivity index (χ3n) is 5.99. The number of halogens is 4. The van der Waals surface area contributed by atoms with Crippen LogP contribution in [0.1, 0.15) is 18.0 Å². The lowest BCUT2D eigenvalue weighted by Crippen LogP contribution is -2.57. The van der Waals surface area contributed by atoms with Crippen LogP contribution in [0.5, 0.6) is 0 Å². The molecule has 1 aromatic carbocycles. The minimum absolute atomic E-state index is 0.0138. The molecule has 0 bridgehead atoms. The normalized spacial score (nSPS) is 28.8. The summed E-state index contributed by atoms with van der Waals surface area (Å²) < 4.78 is 52.7. The molecule has 0 radical (unpaired) electrons. The lowest BCUT2D eigenvalue weighted by atomic mass is 9.93. The van der Waals surface area contributed by atoms with Gasteiger partial charge in [-0.15, -0.1) is 0 Å². The molecule has 3 heterocycles. The van der Waals surface area contributed by atoms with Crippen LogP contribution in [-0.4, -0.2) is 81.6 Å². The van der Waals surface area contributed by atoms with E-state index in [-0.39, 0.29) is 29.4 Å². The molecule has 4 rings (SSSR count). The lowest BCUT2D eigenvalue weighted by Gasteiger charge is -2.37. The second-order valence-electron chi connectivity index (χ2n) is 8.21. The van der Waals surface area contributed by atoms with Crippen molar-refractivity contribution in [3.05, 3.63) is 45.9 Å². The Labute approximate surface area is 195 Å². The Morgan fingerprint density at radius 1 is 1.33 bits per heavy atom. The molecule has 0 aliphatic carbocycles. The zero-order valence-corrected chi connectivity index (χ0v) is 18.9. The first-order chi connectivity index (χ1) is 15.9. The molecule has 3 aliphatic heterocycles. The van der Waals surface area contributed by atoms with Crippen molar-refractivity contribution >= 4 is 23.4 Å². The van der Waals surface area contributed by atoms with E-state index in [1.54, 1.807) is 0 Å². The van der Waals surface area contributed by atoms with Crippen LogP contribution < -0.4 is 10.6 Å². The number of benzene rings is 1. The minimum atomic E-state index is -1.52. The van der Waals surface area contributed by atoms with Crippen LogP contribution in [0.25, 0.3) is 0 Å². The number of amidine groups is 1. The molecule has 0 amide bonds. The molecule has 11 heteroatoms. The molecule has 3 unspecified atom stereocenters. The van der Waals surface area contributed by atoms with E-state index in [9.17, 15) is 18.0 Å². The van der Waals surface area contributed by atoms with Gasteiger partial charge in [0.25, 0.3) is 0 Å². The number of nitrogens with zero attached hydrogens (tertiary/aromatic N) is 2. The molecule has 2 N–H and O–H groups in total. The predicted molar refractivity (Wildman–Crippen MR) is 117 cm³/mol. The van der Waals surface area contributed by atoms with E-state index in [4.69, 9.17) is 21.1 Å². The molecule has 180 valence electrons. The molecule has 2 saturated heterocycles. The molecular weight excluding hydrogens is 461 g/mol. The maximum Gasteiger partial charge on any atom is 0.338 e. The van der Waals surface area contributed by atoms with Gasteiger partial charge < -0.3 is 20.1 Å². The zero-order valence-electron chi connectivity index (χ0n) is 18.1. The third-order valence-corrected chi connectivity index (χ3v) is 6.32. The van der Waals surface area contributed by atoms with Crippen molar-refractivity contribution in [2.45, 2.75) is 30.8 Å². The Kier molecular flexibility index (Phi) is 7.58. The van der Waals surface area contributed by atoms with Crippen LogP contribution in [0.15, 0.2) is 34.5 Å². The SMILES string of the molecule is COC(=O)C1=C(CN2CCOCC2)NC(C2NCC(F)CC2F)=N[C@H]1c1ccc(F)cc1Cl. The second-order valence-corrected chi connectivity index (χ2v) is 8.62. The molecule has 0 aromatic heterocycles. The zero-order chi connectivity index (χ0) is 23.5. The molecule has 4 atom stereocenters. The summed E-state index contributed by atoms with van der Waals surface area (Å²) in [5.74, 6) is -0.933. The van der Waals surface area contributed by atoms with Crippen LogP contribution in [-0.2, 0) is 14.3 Å². The van der Waals surface area contributed by atoms with Crippen molar-refractivity contribution in [1.82, 2.24) is 15.5 Å². The molecule has 3 aliphatic rings. The highest BCUT2D eigenvalue weighted by atomic mass is 35.5. The summed E-state index contributed by atoms with van der Waals surface area (Å²) in [4.78, 5) is 19.6. The smallest absolute Gasteiger partial charge is 0.338 e. The van der Waals surface area contributed by atoms with E-state index < -0.39 is 36.2 Å². The third kappa shape index (κ3) is 5.34. The Morgan fingerprint density at radius 2 is 2.09 bits per heavy atom. The van der Waals surface area contributed by atoms with Gasteiger partial charge in [0.1, 0.15) is 30.0 Å². The van der Waals surface area contributed by atoms with Gasteiger partial charge in [-0.3, -0.25) is 9.89 Å². The summed E-state index contributed by atoms with van der Waals surface area (Å²) >= 11 is 6.33. The van der Waals surface area contributed by atoms with Gasteiger partial charge in [-0.25, -0.2) is 18.0 Å². The van der Waals surface area contributed by atoms with Gasteiger partial charge in [-0.05, 0) is 12.1 Å². The number of carbonyl (C=O) groups is 1. The second kappa shape index (κ2) is 10.4. The van der Waals surface area contributed by atoms with Crippen molar-refractivity contribution in [3.63, 3.8) is 0 Å². The largest absolute Gasteiger partial charge is 0.466 e.